The molecular formula is C18H21NO. The Labute approximate surface area is 120 Å². The van der Waals surface area contributed by atoms with Crippen molar-refractivity contribution < 1.29 is 4.79 Å². The van der Waals surface area contributed by atoms with Gasteiger partial charge in [0, 0.05) is 11.6 Å². The first-order chi connectivity index (χ1) is 9.70. The van der Waals surface area contributed by atoms with Crippen LogP contribution in [0.3, 0.4) is 0 Å². The second-order valence-electron chi connectivity index (χ2n) is 5.12. The first-order valence-electron chi connectivity index (χ1n) is 7.13. The Bertz CT molecular complexity index is 563. The Balaban J connectivity index is 2.16. The molecule has 1 unspecified atom stereocenters. The van der Waals surface area contributed by atoms with Crippen molar-refractivity contribution >= 4 is 11.6 Å². The van der Waals surface area contributed by atoms with E-state index in [-0.39, 0.29) is 11.8 Å². The van der Waals surface area contributed by atoms with E-state index in [4.69, 9.17) is 0 Å². The number of para-hydroxylation sites is 1. The van der Waals surface area contributed by atoms with Crippen LogP contribution in [0.25, 0.3) is 0 Å². The van der Waals surface area contributed by atoms with E-state index >= 15 is 0 Å². The van der Waals surface area contributed by atoms with E-state index in [9.17, 15) is 4.79 Å². The molecule has 0 aliphatic carbocycles. The summed E-state index contributed by atoms with van der Waals surface area (Å²) < 4.78 is 0. The molecule has 1 amide bonds. The summed E-state index contributed by atoms with van der Waals surface area (Å²) in [5.74, 6) is 0.132. The number of carbonyl (C=O) groups excluding carboxylic acids is 1. The number of anilines is 1. The maximum Gasteiger partial charge on any atom is 0.227 e. The molecule has 0 fully saturated rings. The van der Waals surface area contributed by atoms with Crippen molar-refractivity contribution in [1.82, 2.24) is 0 Å². The summed E-state index contributed by atoms with van der Waals surface area (Å²) in [5.41, 5.74) is 3.31. The topological polar surface area (TPSA) is 29.1 Å². The van der Waals surface area contributed by atoms with Crippen LogP contribution in [0.5, 0.6) is 0 Å². The molecule has 0 aliphatic heterocycles. The molecule has 2 aromatic carbocycles. The highest BCUT2D eigenvalue weighted by Gasteiger charge is 2.12. The monoisotopic (exact) mass is 267 g/mol. The number of benzene rings is 2. The van der Waals surface area contributed by atoms with Gasteiger partial charge in [-0.15, -0.1) is 0 Å². The molecule has 0 bridgehead atoms. The zero-order valence-corrected chi connectivity index (χ0v) is 12.1. The predicted molar refractivity (Wildman–Crippen MR) is 83.8 cm³/mol. The van der Waals surface area contributed by atoms with Gasteiger partial charge in [0.2, 0.25) is 5.91 Å². The van der Waals surface area contributed by atoms with Gasteiger partial charge in [0.1, 0.15) is 0 Å². The molecular weight excluding hydrogens is 246 g/mol. The molecule has 0 spiro atoms. The number of amides is 1. The summed E-state index contributed by atoms with van der Waals surface area (Å²) in [6.07, 6.45) is 1.69. The van der Waals surface area contributed by atoms with Crippen LogP contribution >= 0.6 is 0 Å². The molecule has 2 rings (SSSR count). The summed E-state index contributed by atoms with van der Waals surface area (Å²) in [7, 11) is 0. The fraction of sp³-hybridized carbons (Fsp3) is 0.278. The molecule has 0 saturated heterocycles. The van der Waals surface area contributed by atoms with Gasteiger partial charge in [0.15, 0.2) is 0 Å². The Morgan fingerprint density at radius 1 is 1.05 bits per heavy atom. The zero-order chi connectivity index (χ0) is 14.4. The highest BCUT2D eigenvalue weighted by Crippen LogP contribution is 2.20. The van der Waals surface area contributed by atoms with E-state index in [1.165, 1.54) is 5.56 Å². The van der Waals surface area contributed by atoms with Crippen LogP contribution in [-0.2, 0) is 11.2 Å². The van der Waals surface area contributed by atoms with Crippen LogP contribution in [0.2, 0.25) is 0 Å². The second kappa shape index (κ2) is 6.90. The van der Waals surface area contributed by atoms with Crippen LogP contribution in [-0.4, -0.2) is 5.91 Å². The van der Waals surface area contributed by atoms with Gasteiger partial charge in [-0.05, 0) is 30.0 Å². The number of carbonyl (C=O) groups is 1. The lowest BCUT2D eigenvalue weighted by Crippen LogP contribution is -2.20. The number of hydrogen-bond donors (Lipinski definition) is 1. The summed E-state index contributed by atoms with van der Waals surface area (Å²) in [6.45, 7) is 3.98. The highest BCUT2D eigenvalue weighted by molar-refractivity contribution is 5.93. The smallest absolute Gasteiger partial charge is 0.227 e. The summed E-state index contributed by atoms with van der Waals surface area (Å²) in [4.78, 5) is 12.0. The number of hydrogen-bond acceptors (Lipinski definition) is 1. The van der Waals surface area contributed by atoms with Crippen molar-refractivity contribution in [3.05, 3.63) is 65.7 Å². The molecule has 2 heteroatoms. The highest BCUT2D eigenvalue weighted by atomic mass is 16.1. The van der Waals surface area contributed by atoms with Gasteiger partial charge >= 0.3 is 0 Å². The van der Waals surface area contributed by atoms with Crippen molar-refractivity contribution in [1.29, 1.82) is 0 Å². The lowest BCUT2D eigenvalue weighted by molar-refractivity contribution is -0.119. The second-order valence-corrected chi connectivity index (χ2v) is 5.12. The molecule has 0 aromatic heterocycles. The number of nitrogens with one attached hydrogen (secondary N) is 1. The Hall–Kier alpha value is -2.09. The fourth-order valence-electron chi connectivity index (χ4n) is 2.05. The Morgan fingerprint density at radius 3 is 2.40 bits per heavy atom. The van der Waals surface area contributed by atoms with Gasteiger partial charge < -0.3 is 5.32 Å². The van der Waals surface area contributed by atoms with Crippen LogP contribution in [0, 0.1) is 5.92 Å². The predicted octanol–water partition coefficient (Wildman–Crippen LogP) is 4.26. The molecule has 0 heterocycles. The average molecular weight is 267 g/mol. The van der Waals surface area contributed by atoms with Crippen molar-refractivity contribution in [2.45, 2.75) is 26.7 Å². The SMILES string of the molecule is CCC(C)C(=O)Nc1ccccc1Cc1ccccc1. The van der Waals surface area contributed by atoms with Gasteiger partial charge in [-0.1, -0.05) is 62.4 Å². The summed E-state index contributed by atoms with van der Waals surface area (Å²) in [5, 5.41) is 3.04. The van der Waals surface area contributed by atoms with Crippen LogP contribution < -0.4 is 5.32 Å². The quantitative estimate of drug-likeness (QED) is 0.861. The van der Waals surface area contributed by atoms with Crippen LogP contribution in [0.15, 0.2) is 54.6 Å². The number of rotatable bonds is 5. The van der Waals surface area contributed by atoms with E-state index in [0.29, 0.717) is 0 Å². The lowest BCUT2D eigenvalue weighted by atomic mass is 10.0. The zero-order valence-electron chi connectivity index (χ0n) is 12.1. The molecule has 0 radical (unpaired) electrons. The van der Waals surface area contributed by atoms with Gasteiger partial charge in [-0.25, -0.2) is 0 Å². The van der Waals surface area contributed by atoms with Crippen molar-refractivity contribution in [3.63, 3.8) is 0 Å². The van der Waals surface area contributed by atoms with Gasteiger partial charge in [0.25, 0.3) is 0 Å². The van der Waals surface area contributed by atoms with E-state index in [1.807, 2.05) is 50.2 Å². The summed E-state index contributed by atoms with van der Waals surface area (Å²) >= 11 is 0. The minimum atomic E-state index is 0.0415. The Morgan fingerprint density at radius 2 is 1.70 bits per heavy atom. The first-order valence-corrected chi connectivity index (χ1v) is 7.13. The normalized spacial score (nSPS) is 11.9. The standard InChI is InChI=1S/C18H21NO/c1-3-14(2)18(20)19-17-12-8-7-11-16(17)13-15-9-5-4-6-10-15/h4-12,14H,3,13H2,1-2H3,(H,19,20). The van der Waals surface area contributed by atoms with Gasteiger partial charge in [0.05, 0.1) is 0 Å². The van der Waals surface area contributed by atoms with E-state index < -0.39 is 0 Å². The van der Waals surface area contributed by atoms with E-state index in [1.54, 1.807) is 0 Å². The molecule has 20 heavy (non-hydrogen) atoms. The van der Waals surface area contributed by atoms with E-state index in [0.717, 1.165) is 24.1 Å². The molecule has 1 N–H and O–H groups in total. The molecule has 0 saturated carbocycles. The van der Waals surface area contributed by atoms with Crippen LogP contribution in [0.1, 0.15) is 31.4 Å². The molecule has 2 nitrogen and oxygen atoms in total. The third-order valence-corrected chi connectivity index (χ3v) is 3.57. The fourth-order valence-corrected chi connectivity index (χ4v) is 2.05. The lowest BCUT2D eigenvalue weighted by Gasteiger charge is -2.14. The summed E-state index contributed by atoms with van der Waals surface area (Å²) in [6, 6.07) is 18.3. The molecule has 1 atom stereocenters. The third-order valence-electron chi connectivity index (χ3n) is 3.57. The molecule has 2 aromatic rings. The van der Waals surface area contributed by atoms with Gasteiger partial charge in [-0.3, -0.25) is 4.79 Å². The minimum Gasteiger partial charge on any atom is -0.326 e. The van der Waals surface area contributed by atoms with Crippen molar-refractivity contribution in [2.24, 2.45) is 5.92 Å². The average Bonchev–Trinajstić information content (AvgIpc) is 2.49. The third kappa shape index (κ3) is 3.70. The molecule has 0 aliphatic rings. The maximum absolute atomic E-state index is 12.0. The van der Waals surface area contributed by atoms with Crippen LogP contribution in [0.4, 0.5) is 5.69 Å². The van der Waals surface area contributed by atoms with Crippen molar-refractivity contribution in [2.75, 3.05) is 5.32 Å². The van der Waals surface area contributed by atoms with E-state index in [2.05, 4.69) is 23.5 Å². The van der Waals surface area contributed by atoms with Crippen molar-refractivity contribution in [3.8, 4) is 0 Å². The van der Waals surface area contributed by atoms with Gasteiger partial charge in [-0.2, -0.15) is 0 Å². The first kappa shape index (κ1) is 14.3. The largest absolute Gasteiger partial charge is 0.326 e. The minimum absolute atomic E-state index is 0.0415. The maximum atomic E-state index is 12.0. The Kier molecular flexibility index (Phi) is 4.94. The molecule has 104 valence electrons.